The van der Waals surface area contributed by atoms with Gasteiger partial charge >= 0.3 is 0 Å². The molecule has 3 aliphatic carbocycles. The molecule has 1 aromatic carbocycles. The number of benzene rings is 1. The van der Waals surface area contributed by atoms with Gasteiger partial charge in [-0.15, -0.1) is 0 Å². The lowest BCUT2D eigenvalue weighted by Crippen LogP contribution is -2.57. The maximum absolute atomic E-state index is 11.4. The van der Waals surface area contributed by atoms with E-state index in [2.05, 4.69) is 18.2 Å². The number of phenolic OH excluding ortho intramolecular Hbond substituents is 1. The highest BCUT2D eigenvalue weighted by atomic mass is 16.6. The van der Waals surface area contributed by atoms with Gasteiger partial charge < -0.3 is 25.1 Å². The molecule has 1 amide bonds. The molecule has 4 aliphatic rings. The Morgan fingerprint density at radius 2 is 2.03 bits per heavy atom. The van der Waals surface area contributed by atoms with E-state index in [1.165, 1.54) is 12.8 Å². The van der Waals surface area contributed by atoms with Gasteiger partial charge in [-0.25, -0.2) is 0 Å². The molecular weight excluding hydrogens is 430 g/mol. The highest BCUT2D eigenvalue weighted by Gasteiger charge is 2.56. The molecule has 2 saturated carbocycles. The zero-order valence-corrected chi connectivity index (χ0v) is 20.1. The molecule has 0 bridgehead atoms. The Kier molecular flexibility index (Phi) is 6.47. The standard InChI is InChI=1S/C28H37NO5/c1-32-28(23-18-27(14-6-15-27)34-24-17-20(30)12-13-22(23)24)16-5-8-19(7-4-11-25(29)31)26(28)33-21-9-2-3-10-21/h5,8,12-13,16-17,21,23,26,30H,2-4,6-7,9-11,14-15,18H2,1H3,(H2,29,31). The maximum atomic E-state index is 11.4. The second kappa shape index (κ2) is 9.38. The van der Waals surface area contributed by atoms with Gasteiger partial charge in [-0.2, -0.15) is 0 Å². The van der Waals surface area contributed by atoms with E-state index in [1.807, 2.05) is 6.07 Å². The normalized spacial score (nSPS) is 29.9. The van der Waals surface area contributed by atoms with E-state index in [0.717, 1.165) is 61.8 Å². The van der Waals surface area contributed by atoms with E-state index >= 15 is 0 Å². The Balaban J connectivity index is 1.54. The van der Waals surface area contributed by atoms with Gasteiger partial charge in [0.25, 0.3) is 0 Å². The molecule has 184 valence electrons. The SMILES string of the molecule is COC1(C2CC3(CCC3)Oc3cc(O)ccc32)C=CC=C(CCCC(N)=O)C1OC1CCCC1. The zero-order chi connectivity index (χ0) is 23.8. The van der Waals surface area contributed by atoms with Gasteiger partial charge in [0.2, 0.25) is 5.91 Å². The largest absolute Gasteiger partial charge is 0.508 e. The molecule has 1 spiro atoms. The van der Waals surface area contributed by atoms with Crippen LogP contribution < -0.4 is 10.5 Å². The van der Waals surface area contributed by atoms with Crippen LogP contribution in [0.3, 0.4) is 0 Å². The predicted molar refractivity (Wildman–Crippen MR) is 130 cm³/mol. The van der Waals surface area contributed by atoms with E-state index in [-0.39, 0.29) is 35.4 Å². The minimum Gasteiger partial charge on any atom is -0.508 e. The monoisotopic (exact) mass is 467 g/mol. The van der Waals surface area contributed by atoms with Crippen molar-refractivity contribution in [3.63, 3.8) is 0 Å². The fraction of sp³-hybridized carbons (Fsp3) is 0.607. The first-order valence-electron chi connectivity index (χ1n) is 12.8. The van der Waals surface area contributed by atoms with E-state index in [4.69, 9.17) is 19.9 Å². The zero-order valence-electron chi connectivity index (χ0n) is 20.1. The Morgan fingerprint density at radius 3 is 2.71 bits per heavy atom. The Bertz CT molecular complexity index is 975. The van der Waals surface area contributed by atoms with Crippen LogP contribution in [0.15, 0.2) is 42.0 Å². The molecule has 2 fully saturated rings. The van der Waals surface area contributed by atoms with Crippen LogP contribution in [0.5, 0.6) is 11.5 Å². The average Bonchev–Trinajstić information content (AvgIpc) is 3.31. The third-order valence-corrected chi connectivity index (χ3v) is 8.37. The number of amides is 1. The number of hydrogen-bond donors (Lipinski definition) is 2. The molecule has 6 nitrogen and oxygen atoms in total. The summed E-state index contributed by atoms with van der Waals surface area (Å²) in [5.74, 6) is 0.712. The predicted octanol–water partition coefficient (Wildman–Crippen LogP) is 5.05. The number of rotatable bonds is 8. The van der Waals surface area contributed by atoms with Crippen LogP contribution in [-0.4, -0.2) is 41.5 Å². The molecule has 1 heterocycles. The van der Waals surface area contributed by atoms with Crippen LogP contribution in [0.1, 0.15) is 82.1 Å². The van der Waals surface area contributed by atoms with Crippen LogP contribution in [0.4, 0.5) is 0 Å². The molecule has 34 heavy (non-hydrogen) atoms. The van der Waals surface area contributed by atoms with Gasteiger partial charge in [-0.3, -0.25) is 4.79 Å². The number of carbonyl (C=O) groups is 1. The number of primary amides is 1. The Labute approximate surface area is 202 Å². The molecule has 5 rings (SSSR count). The first-order chi connectivity index (χ1) is 16.4. The number of fused-ring (bicyclic) bond motifs is 1. The summed E-state index contributed by atoms with van der Waals surface area (Å²) in [6.45, 7) is 0. The summed E-state index contributed by atoms with van der Waals surface area (Å²) in [6, 6.07) is 5.46. The summed E-state index contributed by atoms with van der Waals surface area (Å²) < 4.78 is 19.9. The lowest BCUT2D eigenvalue weighted by Gasteiger charge is -2.54. The third-order valence-electron chi connectivity index (χ3n) is 8.37. The van der Waals surface area contributed by atoms with Crippen LogP contribution >= 0.6 is 0 Å². The van der Waals surface area contributed by atoms with Gasteiger partial charge in [0.15, 0.2) is 0 Å². The summed E-state index contributed by atoms with van der Waals surface area (Å²) >= 11 is 0. The molecule has 0 aromatic heterocycles. The van der Waals surface area contributed by atoms with Crippen molar-refractivity contribution in [3.05, 3.63) is 47.6 Å². The number of allylic oxidation sites excluding steroid dienone is 2. The molecule has 3 atom stereocenters. The van der Waals surface area contributed by atoms with Crippen molar-refractivity contribution in [2.45, 2.75) is 100.0 Å². The molecule has 3 N–H and O–H groups in total. The van der Waals surface area contributed by atoms with Crippen LogP contribution in [-0.2, 0) is 14.3 Å². The highest BCUT2D eigenvalue weighted by Crippen LogP contribution is 2.56. The first-order valence-corrected chi connectivity index (χ1v) is 12.8. The van der Waals surface area contributed by atoms with E-state index in [1.54, 1.807) is 19.2 Å². The number of ether oxygens (including phenoxy) is 3. The van der Waals surface area contributed by atoms with Crippen molar-refractivity contribution >= 4 is 5.91 Å². The van der Waals surface area contributed by atoms with Gasteiger partial charge in [0.1, 0.15) is 28.8 Å². The van der Waals surface area contributed by atoms with Gasteiger partial charge in [-0.05, 0) is 69.1 Å². The van der Waals surface area contributed by atoms with Crippen molar-refractivity contribution in [3.8, 4) is 11.5 Å². The number of nitrogens with two attached hydrogens (primary N) is 1. The molecule has 0 saturated heterocycles. The van der Waals surface area contributed by atoms with E-state index in [9.17, 15) is 9.90 Å². The van der Waals surface area contributed by atoms with Crippen molar-refractivity contribution in [1.82, 2.24) is 0 Å². The van der Waals surface area contributed by atoms with E-state index < -0.39 is 5.60 Å². The maximum Gasteiger partial charge on any atom is 0.217 e. The minimum atomic E-state index is -0.697. The average molecular weight is 468 g/mol. The quantitative estimate of drug-likeness (QED) is 0.559. The van der Waals surface area contributed by atoms with Gasteiger partial charge in [-0.1, -0.05) is 31.1 Å². The van der Waals surface area contributed by atoms with Gasteiger partial charge in [0, 0.05) is 31.1 Å². The third kappa shape index (κ3) is 4.27. The van der Waals surface area contributed by atoms with Crippen molar-refractivity contribution in [2.24, 2.45) is 5.73 Å². The Hall–Kier alpha value is -2.31. The topological polar surface area (TPSA) is 91.0 Å². The van der Waals surface area contributed by atoms with Crippen LogP contribution in [0, 0.1) is 0 Å². The molecule has 1 aliphatic heterocycles. The van der Waals surface area contributed by atoms with E-state index in [0.29, 0.717) is 12.8 Å². The van der Waals surface area contributed by atoms with Crippen LogP contribution in [0.2, 0.25) is 0 Å². The second-order valence-corrected chi connectivity index (χ2v) is 10.5. The summed E-state index contributed by atoms with van der Waals surface area (Å²) in [4.78, 5) is 11.4. The number of carbonyl (C=O) groups excluding carboxylic acids is 1. The minimum absolute atomic E-state index is 0.0182. The molecule has 1 aromatic rings. The fourth-order valence-electron chi connectivity index (χ4n) is 6.43. The van der Waals surface area contributed by atoms with Crippen molar-refractivity contribution in [1.29, 1.82) is 0 Å². The van der Waals surface area contributed by atoms with Gasteiger partial charge in [0.05, 0.1) is 6.10 Å². The molecular formula is C28H37NO5. The first kappa shape index (κ1) is 23.4. The Morgan fingerprint density at radius 1 is 1.24 bits per heavy atom. The van der Waals surface area contributed by atoms with Crippen LogP contribution in [0.25, 0.3) is 0 Å². The summed E-state index contributed by atoms with van der Waals surface area (Å²) in [5.41, 5.74) is 6.73. The number of phenols is 1. The lowest BCUT2D eigenvalue weighted by molar-refractivity contribution is -0.143. The lowest BCUT2D eigenvalue weighted by atomic mass is 9.63. The molecule has 6 heteroatoms. The van der Waals surface area contributed by atoms with Crippen molar-refractivity contribution in [2.75, 3.05) is 7.11 Å². The fourth-order valence-corrected chi connectivity index (χ4v) is 6.43. The number of aromatic hydroxyl groups is 1. The summed E-state index contributed by atoms with van der Waals surface area (Å²) in [5, 5.41) is 10.2. The molecule has 0 radical (unpaired) electrons. The smallest absolute Gasteiger partial charge is 0.217 e. The number of methoxy groups -OCH3 is 1. The van der Waals surface area contributed by atoms with Crippen molar-refractivity contribution < 1.29 is 24.1 Å². The number of hydrogen-bond acceptors (Lipinski definition) is 5. The highest BCUT2D eigenvalue weighted by molar-refractivity contribution is 5.73. The molecule has 3 unspecified atom stereocenters. The summed E-state index contributed by atoms with van der Waals surface area (Å²) in [6.07, 6.45) is 16.7. The second-order valence-electron chi connectivity index (χ2n) is 10.5. The summed E-state index contributed by atoms with van der Waals surface area (Å²) in [7, 11) is 1.78.